The van der Waals surface area contributed by atoms with Crippen molar-refractivity contribution in [2.75, 3.05) is 31.6 Å². The lowest BCUT2D eigenvalue weighted by molar-refractivity contribution is -0.189. The zero-order valence-electron chi connectivity index (χ0n) is 18.5. The number of sulfone groups is 1. The average Bonchev–Trinajstić information content (AvgIpc) is 3.51. The Morgan fingerprint density at radius 2 is 1.81 bits per heavy atom. The fourth-order valence-corrected chi connectivity index (χ4v) is 5.16. The molecule has 1 aromatic carbocycles. The van der Waals surface area contributed by atoms with Gasteiger partial charge in [-0.2, -0.15) is 13.2 Å². The molecule has 2 aliphatic rings. The first kappa shape index (κ1) is 24.8. The van der Waals surface area contributed by atoms with Gasteiger partial charge in [0.25, 0.3) is 0 Å². The Labute approximate surface area is 188 Å². The molecule has 1 aromatic rings. The van der Waals surface area contributed by atoms with Crippen LogP contribution in [0.15, 0.2) is 35.9 Å². The lowest BCUT2D eigenvalue weighted by Gasteiger charge is -2.39. The lowest BCUT2D eigenvalue weighted by Crippen LogP contribution is -2.53. The number of benzene rings is 1. The first-order chi connectivity index (χ1) is 15.0. The van der Waals surface area contributed by atoms with Crippen LogP contribution in [-0.4, -0.2) is 74.0 Å². The van der Waals surface area contributed by atoms with Crippen molar-refractivity contribution in [1.82, 2.24) is 9.80 Å². The molecule has 0 spiro atoms. The highest BCUT2D eigenvalue weighted by molar-refractivity contribution is 7.90. The molecule has 178 valence electrons. The van der Waals surface area contributed by atoms with E-state index in [-0.39, 0.29) is 11.7 Å². The number of likely N-dealkylation sites (tertiary alicyclic amines) is 1. The molecular formula is C23H31F3N2O3S. The largest absolute Gasteiger partial charge is 0.471 e. The Kier molecular flexibility index (Phi) is 7.70. The van der Waals surface area contributed by atoms with E-state index in [9.17, 15) is 26.4 Å². The van der Waals surface area contributed by atoms with Gasteiger partial charge in [0.2, 0.25) is 0 Å². The number of amides is 1. The van der Waals surface area contributed by atoms with Gasteiger partial charge in [-0.05, 0) is 31.2 Å². The van der Waals surface area contributed by atoms with Crippen molar-refractivity contribution in [1.29, 1.82) is 0 Å². The van der Waals surface area contributed by atoms with E-state index in [1.165, 1.54) is 6.26 Å². The van der Waals surface area contributed by atoms with Crippen molar-refractivity contribution in [3.8, 4) is 0 Å². The van der Waals surface area contributed by atoms with Gasteiger partial charge in [0, 0.05) is 43.9 Å². The first-order valence-corrected chi connectivity index (χ1v) is 13.1. The van der Waals surface area contributed by atoms with Crippen LogP contribution in [0.25, 0.3) is 6.08 Å². The minimum atomic E-state index is -4.91. The number of rotatable bonds is 8. The van der Waals surface area contributed by atoms with E-state index in [1.807, 2.05) is 48.2 Å². The van der Waals surface area contributed by atoms with Crippen LogP contribution < -0.4 is 0 Å². The van der Waals surface area contributed by atoms with Crippen molar-refractivity contribution in [3.05, 3.63) is 41.5 Å². The number of hydrogen-bond donors (Lipinski definition) is 0. The Bertz CT molecular complexity index is 924. The summed E-state index contributed by atoms with van der Waals surface area (Å²) >= 11 is 0. The lowest BCUT2D eigenvalue weighted by atomic mass is 10.0. The van der Waals surface area contributed by atoms with Crippen molar-refractivity contribution in [2.45, 2.75) is 50.9 Å². The molecule has 1 saturated heterocycles. The number of halogens is 3. The minimum absolute atomic E-state index is 0.0255. The van der Waals surface area contributed by atoms with Gasteiger partial charge >= 0.3 is 12.1 Å². The van der Waals surface area contributed by atoms with Crippen molar-refractivity contribution >= 4 is 21.8 Å². The zero-order chi connectivity index (χ0) is 23.5. The van der Waals surface area contributed by atoms with E-state index in [0.29, 0.717) is 45.3 Å². The minimum Gasteiger partial charge on any atom is -0.328 e. The van der Waals surface area contributed by atoms with Gasteiger partial charge in [0.05, 0.1) is 5.75 Å². The molecule has 0 unspecified atom stereocenters. The molecule has 0 radical (unpaired) electrons. The highest BCUT2D eigenvalue weighted by atomic mass is 32.2. The highest BCUT2D eigenvalue weighted by Crippen LogP contribution is 2.46. The predicted molar refractivity (Wildman–Crippen MR) is 119 cm³/mol. The fourth-order valence-electron chi connectivity index (χ4n) is 4.57. The topological polar surface area (TPSA) is 57.7 Å². The summed E-state index contributed by atoms with van der Waals surface area (Å²) in [5.41, 5.74) is 2.06. The van der Waals surface area contributed by atoms with Gasteiger partial charge < -0.3 is 9.80 Å². The third-order valence-electron chi connectivity index (χ3n) is 6.36. The zero-order valence-corrected chi connectivity index (χ0v) is 19.3. The van der Waals surface area contributed by atoms with Crippen LogP contribution in [0, 0.1) is 5.92 Å². The van der Waals surface area contributed by atoms with E-state index in [1.54, 1.807) is 0 Å². The maximum absolute atomic E-state index is 13.4. The standard InChI is InChI=1S/C23H31F3N2O3S/c1-3-18(15-17-7-5-4-6-8-17)20-16-21(20)28(22(29)23(24,25)26)19-9-11-27(12-10-19)13-14-32(2,30)31/h4-8,15,19-21H,3,9-14,16H2,1-2H3/b18-15+/t20-,21+/m0/s1. The number of carbonyl (C=O) groups excluding carboxylic acids is 1. The Hall–Kier alpha value is -1.87. The van der Waals surface area contributed by atoms with E-state index < -0.39 is 34.0 Å². The summed E-state index contributed by atoms with van der Waals surface area (Å²) in [6.45, 7) is 3.32. The Morgan fingerprint density at radius 1 is 1.19 bits per heavy atom. The van der Waals surface area contributed by atoms with Crippen molar-refractivity contribution < 1.29 is 26.4 Å². The summed E-state index contributed by atoms with van der Waals surface area (Å²) in [5, 5.41) is 0. The van der Waals surface area contributed by atoms with Crippen molar-refractivity contribution in [3.63, 3.8) is 0 Å². The van der Waals surface area contributed by atoms with Crippen molar-refractivity contribution in [2.24, 2.45) is 5.92 Å². The summed E-state index contributed by atoms with van der Waals surface area (Å²) in [6, 6.07) is 8.74. The molecular weight excluding hydrogens is 441 g/mol. The second kappa shape index (κ2) is 9.95. The Balaban J connectivity index is 1.71. The highest BCUT2D eigenvalue weighted by Gasteiger charge is 2.54. The third-order valence-corrected chi connectivity index (χ3v) is 7.28. The summed E-state index contributed by atoms with van der Waals surface area (Å²) in [5.74, 6) is -1.79. The number of piperidine rings is 1. The number of hydrogen-bond acceptors (Lipinski definition) is 4. The maximum atomic E-state index is 13.4. The molecule has 1 heterocycles. The monoisotopic (exact) mass is 472 g/mol. The number of alkyl halides is 3. The molecule has 1 saturated carbocycles. The molecule has 5 nitrogen and oxygen atoms in total. The van der Waals surface area contributed by atoms with Crippen LogP contribution >= 0.6 is 0 Å². The molecule has 0 bridgehead atoms. The normalized spacial score (nSPS) is 23.2. The van der Waals surface area contributed by atoms with E-state index >= 15 is 0 Å². The molecule has 1 aliphatic heterocycles. The molecule has 1 aliphatic carbocycles. The van der Waals surface area contributed by atoms with Crippen LogP contribution in [0.4, 0.5) is 13.2 Å². The quantitative estimate of drug-likeness (QED) is 0.578. The molecule has 1 amide bonds. The van der Waals surface area contributed by atoms with Crippen LogP contribution in [0.5, 0.6) is 0 Å². The second-order valence-corrected chi connectivity index (χ2v) is 11.1. The number of nitrogens with zero attached hydrogens (tertiary/aromatic N) is 2. The third kappa shape index (κ3) is 6.57. The summed E-state index contributed by atoms with van der Waals surface area (Å²) in [6.07, 6.45) is 0.379. The van der Waals surface area contributed by atoms with Gasteiger partial charge in [-0.25, -0.2) is 8.42 Å². The van der Waals surface area contributed by atoms with E-state index in [0.717, 1.165) is 16.0 Å². The van der Waals surface area contributed by atoms with Crippen LogP contribution in [0.2, 0.25) is 0 Å². The second-order valence-electron chi connectivity index (χ2n) is 8.81. The average molecular weight is 473 g/mol. The molecule has 0 aromatic heterocycles. The van der Waals surface area contributed by atoms with E-state index in [4.69, 9.17) is 0 Å². The van der Waals surface area contributed by atoms with Crippen LogP contribution in [-0.2, 0) is 14.6 Å². The molecule has 2 fully saturated rings. The fraction of sp³-hybridized carbons (Fsp3) is 0.609. The summed E-state index contributed by atoms with van der Waals surface area (Å²) in [7, 11) is -3.10. The van der Waals surface area contributed by atoms with Gasteiger partial charge in [0.1, 0.15) is 9.84 Å². The number of carbonyl (C=O) groups is 1. The van der Waals surface area contributed by atoms with Gasteiger partial charge in [-0.3, -0.25) is 4.79 Å². The molecule has 9 heteroatoms. The SMILES string of the molecule is CC/C(=C\c1ccccc1)[C@@H]1C[C@H]1N(C(=O)C(F)(F)F)C1CCN(CCS(C)(=O)=O)CC1. The Morgan fingerprint density at radius 3 is 2.34 bits per heavy atom. The van der Waals surface area contributed by atoms with E-state index in [2.05, 4.69) is 0 Å². The first-order valence-electron chi connectivity index (χ1n) is 11.0. The van der Waals surface area contributed by atoms with Crippen LogP contribution in [0.1, 0.15) is 38.2 Å². The molecule has 3 rings (SSSR count). The predicted octanol–water partition coefficient (Wildman–Crippen LogP) is 3.77. The molecule has 2 atom stereocenters. The molecule has 32 heavy (non-hydrogen) atoms. The maximum Gasteiger partial charge on any atom is 0.471 e. The van der Waals surface area contributed by atoms with Gasteiger partial charge in [-0.15, -0.1) is 0 Å². The van der Waals surface area contributed by atoms with Crippen LogP contribution in [0.3, 0.4) is 0 Å². The summed E-state index contributed by atoms with van der Waals surface area (Å²) in [4.78, 5) is 15.4. The smallest absolute Gasteiger partial charge is 0.328 e. The summed E-state index contributed by atoms with van der Waals surface area (Å²) < 4.78 is 63.1. The van der Waals surface area contributed by atoms with Gasteiger partial charge in [0.15, 0.2) is 0 Å². The molecule has 0 N–H and O–H groups in total. The van der Waals surface area contributed by atoms with Gasteiger partial charge in [-0.1, -0.05) is 48.9 Å².